The summed E-state index contributed by atoms with van der Waals surface area (Å²) in [4.78, 5) is 0.0324. The van der Waals surface area contributed by atoms with Crippen molar-refractivity contribution in [1.29, 1.82) is 0 Å². The Morgan fingerprint density at radius 3 is 2.64 bits per heavy atom. The van der Waals surface area contributed by atoms with Crippen LogP contribution in [0.4, 0.5) is 0 Å². The molecule has 0 fully saturated rings. The summed E-state index contributed by atoms with van der Waals surface area (Å²) in [7, 11) is -2.31. The van der Waals surface area contributed by atoms with Crippen molar-refractivity contribution in [2.75, 3.05) is 0 Å². The first-order chi connectivity index (χ1) is 5.11. The maximum absolute atomic E-state index is 10.4. The zero-order chi connectivity index (χ0) is 8.43. The van der Waals surface area contributed by atoms with Crippen LogP contribution in [0.1, 0.15) is 6.92 Å². The Morgan fingerprint density at radius 2 is 2.18 bits per heavy atom. The minimum atomic E-state index is -2.31. The highest BCUT2D eigenvalue weighted by Gasteiger charge is 2.11. The molecule has 0 bridgehead atoms. The number of hydrogen-bond acceptors (Lipinski definition) is 3. The SMILES string of the molecule is CC1=CC(=S(=O)=O)C(O)C=C1. The van der Waals surface area contributed by atoms with Crippen molar-refractivity contribution in [3.63, 3.8) is 0 Å². The minimum absolute atomic E-state index is 0.0324. The van der Waals surface area contributed by atoms with Gasteiger partial charge in [0.1, 0.15) is 11.0 Å². The summed E-state index contributed by atoms with van der Waals surface area (Å²) in [6, 6.07) is 0. The van der Waals surface area contributed by atoms with Crippen molar-refractivity contribution in [3.05, 3.63) is 23.8 Å². The van der Waals surface area contributed by atoms with Gasteiger partial charge in [-0.05, 0) is 18.6 Å². The Balaban J connectivity index is 3.21. The number of aliphatic hydroxyl groups excluding tert-OH is 1. The van der Waals surface area contributed by atoms with E-state index < -0.39 is 16.4 Å². The first kappa shape index (κ1) is 8.23. The van der Waals surface area contributed by atoms with E-state index >= 15 is 0 Å². The van der Waals surface area contributed by atoms with Gasteiger partial charge in [-0.25, -0.2) is 0 Å². The molecule has 60 valence electrons. The van der Waals surface area contributed by atoms with Gasteiger partial charge < -0.3 is 5.11 Å². The molecule has 0 spiro atoms. The third-order valence-corrected chi connectivity index (χ3v) is 2.14. The quantitative estimate of drug-likeness (QED) is 0.520. The van der Waals surface area contributed by atoms with E-state index in [4.69, 9.17) is 5.11 Å². The maximum atomic E-state index is 10.4. The second-order valence-corrected chi connectivity index (χ2v) is 3.27. The monoisotopic (exact) mass is 172 g/mol. The fraction of sp³-hybridized carbons (Fsp3) is 0.286. The summed E-state index contributed by atoms with van der Waals surface area (Å²) in [6.45, 7) is 1.77. The van der Waals surface area contributed by atoms with Crippen molar-refractivity contribution in [2.45, 2.75) is 13.0 Å². The summed E-state index contributed by atoms with van der Waals surface area (Å²) < 4.78 is 20.9. The summed E-state index contributed by atoms with van der Waals surface area (Å²) in [5.41, 5.74) is 0.828. The average molecular weight is 172 g/mol. The molecule has 0 radical (unpaired) electrons. The van der Waals surface area contributed by atoms with Crippen LogP contribution in [-0.4, -0.2) is 24.5 Å². The summed E-state index contributed by atoms with van der Waals surface area (Å²) in [5.74, 6) is 0. The number of allylic oxidation sites excluding steroid dienone is 2. The molecular formula is C7H8O3S. The van der Waals surface area contributed by atoms with E-state index in [0.717, 1.165) is 5.57 Å². The molecule has 11 heavy (non-hydrogen) atoms. The van der Waals surface area contributed by atoms with Crippen molar-refractivity contribution in [2.24, 2.45) is 0 Å². The summed E-state index contributed by atoms with van der Waals surface area (Å²) >= 11 is 0. The van der Waals surface area contributed by atoms with Gasteiger partial charge in [0.05, 0.1) is 0 Å². The van der Waals surface area contributed by atoms with E-state index in [9.17, 15) is 8.42 Å². The highest BCUT2D eigenvalue weighted by molar-refractivity contribution is 7.73. The summed E-state index contributed by atoms with van der Waals surface area (Å²) in [6.07, 6.45) is 3.60. The molecule has 1 aliphatic carbocycles. The fourth-order valence-corrected chi connectivity index (χ4v) is 1.40. The molecule has 1 unspecified atom stereocenters. The Hall–Kier alpha value is -0.870. The molecule has 0 amide bonds. The van der Waals surface area contributed by atoms with Gasteiger partial charge in [-0.15, -0.1) is 0 Å². The molecule has 0 heterocycles. The van der Waals surface area contributed by atoms with E-state index in [1.807, 2.05) is 0 Å². The van der Waals surface area contributed by atoms with Crippen LogP contribution in [0.3, 0.4) is 0 Å². The highest BCUT2D eigenvalue weighted by atomic mass is 32.2. The second-order valence-electron chi connectivity index (χ2n) is 2.33. The molecule has 3 nitrogen and oxygen atoms in total. The number of rotatable bonds is 0. The standard InChI is InChI=1S/C7H8O3S/c1-5-2-3-6(8)7(4-5)11(9)10/h2-4,6,8H,1H3. The lowest BCUT2D eigenvalue weighted by atomic mass is 10.1. The number of aliphatic hydroxyl groups is 1. The van der Waals surface area contributed by atoms with Crippen molar-refractivity contribution in [1.82, 2.24) is 0 Å². The van der Waals surface area contributed by atoms with Crippen molar-refractivity contribution >= 4 is 15.2 Å². The van der Waals surface area contributed by atoms with Gasteiger partial charge in [0.2, 0.25) is 10.3 Å². The van der Waals surface area contributed by atoms with Gasteiger partial charge in [-0.2, -0.15) is 8.42 Å². The van der Waals surface area contributed by atoms with E-state index in [-0.39, 0.29) is 4.86 Å². The third kappa shape index (κ3) is 1.78. The largest absolute Gasteiger partial charge is 0.383 e. The highest BCUT2D eigenvalue weighted by Crippen LogP contribution is 2.06. The predicted octanol–water partition coefficient (Wildman–Crippen LogP) is -0.0851. The van der Waals surface area contributed by atoms with Crippen LogP contribution in [0.15, 0.2) is 23.8 Å². The fourth-order valence-electron chi connectivity index (χ4n) is 0.842. The molecule has 1 N–H and O–H groups in total. The first-order valence-electron chi connectivity index (χ1n) is 3.12. The smallest absolute Gasteiger partial charge is 0.220 e. The van der Waals surface area contributed by atoms with Gasteiger partial charge in [0.25, 0.3) is 0 Å². The molecular weight excluding hydrogens is 164 g/mol. The molecule has 0 saturated carbocycles. The predicted molar refractivity (Wildman–Crippen MR) is 42.8 cm³/mol. The van der Waals surface area contributed by atoms with Gasteiger partial charge in [-0.1, -0.05) is 12.2 Å². The zero-order valence-electron chi connectivity index (χ0n) is 5.98. The van der Waals surface area contributed by atoms with Gasteiger partial charge in [-0.3, -0.25) is 0 Å². The van der Waals surface area contributed by atoms with E-state index in [2.05, 4.69) is 0 Å². The Bertz CT molecular complexity index is 338. The van der Waals surface area contributed by atoms with Crippen LogP contribution in [0, 0.1) is 0 Å². The van der Waals surface area contributed by atoms with Crippen LogP contribution in [0.25, 0.3) is 0 Å². The minimum Gasteiger partial charge on any atom is -0.383 e. The topological polar surface area (TPSA) is 54.4 Å². The molecule has 1 rings (SSSR count). The van der Waals surface area contributed by atoms with Crippen molar-refractivity contribution in [3.8, 4) is 0 Å². The Labute approximate surface area is 66.2 Å². The molecule has 0 aliphatic heterocycles. The molecule has 4 heteroatoms. The van der Waals surface area contributed by atoms with E-state index in [0.29, 0.717) is 0 Å². The van der Waals surface area contributed by atoms with Crippen LogP contribution < -0.4 is 0 Å². The van der Waals surface area contributed by atoms with Crippen LogP contribution in [0.2, 0.25) is 0 Å². The Kier molecular flexibility index (Phi) is 2.26. The average Bonchev–Trinajstić information content (AvgIpc) is 1.94. The molecule has 0 aromatic carbocycles. The second kappa shape index (κ2) is 3.02. The molecule has 0 aromatic rings. The third-order valence-electron chi connectivity index (χ3n) is 1.40. The van der Waals surface area contributed by atoms with Gasteiger partial charge in [0, 0.05) is 0 Å². The lowest BCUT2D eigenvalue weighted by Crippen LogP contribution is -2.19. The zero-order valence-corrected chi connectivity index (χ0v) is 6.80. The molecule has 1 atom stereocenters. The summed E-state index contributed by atoms with van der Waals surface area (Å²) in [5, 5.41) is 9.10. The van der Waals surface area contributed by atoms with Crippen LogP contribution in [0.5, 0.6) is 0 Å². The maximum Gasteiger partial charge on any atom is 0.220 e. The normalized spacial score (nSPS) is 23.3. The molecule has 0 saturated heterocycles. The van der Waals surface area contributed by atoms with Gasteiger partial charge >= 0.3 is 0 Å². The van der Waals surface area contributed by atoms with Crippen LogP contribution in [-0.2, 0) is 10.3 Å². The van der Waals surface area contributed by atoms with E-state index in [1.54, 1.807) is 13.0 Å². The van der Waals surface area contributed by atoms with E-state index in [1.165, 1.54) is 12.2 Å². The molecule has 1 aliphatic rings. The van der Waals surface area contributed by atoms with Crippen LogP contribution >= 0.6 is 0 Å². The Morgan fingerprint density at radius 1 is 1.55 bits per heavy atom. The number of hydrogen-bond donors (Lipinski definition) is 1. The van der Waals surface area contributed by atoms with Crippen molar-refractivity contribution < 1.29 is 13.5 Å². The van der Waals surface area contributed by atoms with Gasteiger partial charge in [0.15, 0.2) is 0 Å². The lowest BCUT2D eigenvalue weighted by molar-refractivity contribution is 0.291. The first-order valence-corrected chi connectivity index (χ1v) is 4.19. The molecule has 0 aromatic heterocycles. The lowest BCUT2D eigenvalue weighted by Gasteiger charge is -2.07.